The number of benzene rings is 1. The third-order valence-electron chi connectivity index (χ3n) is 4.72. The Hall–Kier alpha value is -3.42. The molecule has 28 heavy (non-hydrogen) atoms. The molecule has 144 valence electrons. The van der Waals surface area contributed by atoms with Crippen LogP contribution >= 0.6 is 0 Å². The van der Waals surface area contributed by atoms with E-state index in [1.165, 1.54) is 0 Å². The lowest BCUT2D eigenvalue weighted by molar-refractivity contribution is 0.212. The maximum atomic E-state index is 12.5. The Bertz CT molecular complexity index is 983. The molecule has 0 radical (unpaired) electrons. The van der Waals surface area contributed by atoms with Gasteiger partial charge in [-0.2, -0.15) is 5.10 Å². The number of nitrogens with one attached hydrogen (secondary N) is 1. The fourth-order valence-electron chi connectivity index (χ4n) is 3.15. The number of fused-ring (bicyclic) bond motifs is 1. The lowest BCUT2D eigenvalue weighted by Crippen LogP contribution is -2.30. The molecule has 2 amide bonds. The van der Waals surface area contributed by atoms with Crippen molar-refractivity contribution in [2.75, 3.05) is 12.4 Å². The molecule has 1 aliphatic rings. The summed E-state index contributed by atoms with van der Waals surface area (Å²) in [5.41, 5.74) is 3.69. The van der Waals surface area contributed by atoms with E-state index in [1.54, 1.807) is 22.9 Å². The van der Waals surface area contributed by atoms with Crippen LogP contribution in [0.5, 0.6) is 5.75 Å². The van der Waals surface area contributed by atoms with Crippen molar-refractivity contribution in [3.05, 3.63) is 65.5 Å². The molecule has 0 bridgehead atoms. The number of aromatic nitrogens is 4. The van der Waals surface area contributed by atoms with Gasteiger partial charge in [-0.15, -0.1) is 0 Å². The van der Waals surface area contributed by atoms with Crippen LogP contribution in [0.25, 0.3) is 0 Å². The predicted octanol–water partition coefficient (Wildman–Crippen LogP) is 2.84. The molecule has 1 aliphatic heterocycles. The van der Waals surface area contributed by atoms with E-state index in [9.17, 15) is 4.79 Å². The molecule has 3 heterocycles. The average Bonchev–Trinajstić information content (AvgIpc) is 3.35. The van der Waals surface area contributed by atoms with Crippen LogP contribution in [0.2, 0.25) is 0 Å². The maximum Gasteiger partial charge on any atom is 0.322 e. The molecule has 4 rings (SSSR count). The number of nitrogens with zero attached hydrogens (tertiary/aromatic N) is 5. The van der Waals surface area contributed by atoms with E-state index in [-0.39, 0.29) is 6.03 Å². The van der Waals surface area contributed by atoms with Crippen LogP contribution in [-0.4, -0.2) is 37.8 Å². The van der Waals surface area contributed by atoms with Crippen molar-refractivity contribution in [2.24, 2.45) is 0 Å². The van der Waals surface area contributed by atoms with E-state index in [0.29, 0.717) is 25.2 Å². The van der Waals surface area contributed by atoms with Crippen LogP contribution in [-0.2, 0) is 26.1 Å². The third-order valence-corrected chi connectivity index (χ3v) is 4.72. The first-order valence-corrected chi connectivity index (χ1v) is 9.19. The van der Waals surface area contributed by atoms with Gasteiger partial charge in [0.2, 0.25) is 0 Å². The van der Waals surface area contributed by atoms with Crippen molar-refractivity contribution in [1.82, 2.24) is 24.6 Å². The van der Waals surface area contributed by atoms with E-state index in [2.05, 4.69) is 20.4 Å². The Balaban J connectivity index is 1.40. The van der Waals surface area contributed by atoms with Gasteiger partial charge in [0.1, 0.15) is 11.6 Å². The second kappa shape index (κ2) is 7.67. The number of hydrogen-bond acceptors (Lipinski definition) is 5. The highest BCUT2D eigenvalue weighted by Crippen LogP contribution is 2.22. The van der Waals surface area contributed by atoms with Gasteiger partial charge in [0.05, 0.1) is 37.8 Å². The van der Waals surface area contributed by atoms with Gasteiger partial charge in [-0.25, -0.2) is 14.8 Å². The molecule has 0 spiro atoms. The van der Waals surface area contributed by atoms with Crippen molar-refractivity contribution >= 4 is 11.7 Å². The summed E-state index contributed by atoms with van der Waals surface area (Å²) in [5.74, 6) is 1.57. The minimum absolute atomic E-state index is 0.162. The zero-order valence-electron chi connectivity index (χ0n) is 15.9. The van der Waals surface area contributed by atoms with Gasteiger partial charge in [0, 0.05) is 30.9 Å². The molecule has 3 aromatic rings. The normalized spacial score (nSPS) is 12.7. The first kappa shape index (κ1) is 18.0. The summed E-state index contributed by atoms with van der Waals surface area (Å²) in [4.78, 5) is 23.4. The zero-order valence-corrected chi connectivity index (χ0v) is 15.9. The van der Waals surface area contributed by atoms with Crippen LogP contribution in [0, 0.1) is 0 Å². The van der Waals surface area contributed by atoms with Crippen LogP contribution in [0.4, 0.5) is 10.5 Å². The van der Waals surface area contributed by atoms with Crippen molar-refractivity contribution in [1.29, 1.82) is 0 Å². The number of carbonyl (C=O) groups excluding carboxylic acids is 1. The molecule has 0 saturated carbocycles. The van der Waals surface area contributed by atoms with Crippen LogP contribution < -0.4 is 10.1 Å². The molecule has 2 aromatic heterocycles. The van der Waals surface area contributed by atoms with Crippen LogP contribution in [0.15, 0.2) is 42.9 Å². The number of ether oxygens (including phenoxy) is 1. The highest BCUT2D eigenvalue weighted by atomic mass is 16.5. The zero-order chi connectivity index (χ0) is 19.5. The molecular formula is C20H22N6O2. The average molecular weight is 378 g/mol. The number of aryl methyl sites for hydroxylation is 1. The lowest BCUT2D eigenvalue weighted by Gasteiger charge is -2.14. The van der Waals surface area contributed by atoms with Gasteiger partial charge >= 0.3 is 6.03 Å². The summed E-state index contributed by atoms with van der Waals surface area (Å²) in [6.45, 7) is 3.74. The molecule has 0 saturated heterocycles. The number of carbonyl (C=O) groups is 1. The predicted molar refractivity (Wildman–Crippen MR) is 104 cm³/mol. The quantitative estimate of drug-likeness (QED) is 0.738. The molecule has 0 atom stereocenters. The fraction of sp³-hybridized carbons (Fsp3) is 0.300. The van der Waals surface area contributed by atoms with Gasteiger partial charge in [-0.1, -0.05) is 12.1 Å². The fourth-order valence-corrected chi connectivity index (χ4v) is 3.15. The Morgan fingerprint density at radius 2 is 2.04 bits per heavy atom. The van der Waals surface area contributed by atoms with Crippen LogP contribution in [0.1, 0.15) is 29.6 Å². The Morgan fingerprint density at radius 3 is 2.75 bits per heavy atom. The number of methoxy groups -OCH3 is 1. The van der Waals surface area contributed by atoms with Gasteiger partial charge in [-0.3, -0.25) is 4.68 Å². The van der Waals surface area contributed by atoms with Crippen LogP contribution in [0.3, 0.4) is 0 Å². The summed E-state index contributed by atoms with van der Waals surface area (Å²) in [6.07, 6.45) is 5.93. The number of hydrogen-bond donors (Lipinski definition) is 1. The first-order chi connectivity index (χ1) is 13.6. The minimum atomic E-state index is -0.162. The molecule has 8 heteroatoms. The highest BCUT2D eigenvalue weighted by molar-refractivity contribution is 5.89. The summed E-state index contributed by atoms with van der Waals surface area (Å²) >= 11 is 0. The molecule has 1 N–H and O–H groups in total. The Labute approximate surface area is 163 Å². The molecule has 1 aromatic carbocycles. The molecular weight excluding hydrogens is 356 g/mol. The monoisotopic (exact) mass is 378 g/mol. The van der Waals surface area contributed by atoms with Crippen molar-refractivity contribution in [3.63, 3.8) is 0 Å². The van der Waals surface area contributed by atoms with Crippen molar-refractivity contribution in [2.45, 2.75) is 33.0 Å². The van der Waals surface area contributed by atoms with Gasteiger partial charge in [0.15, 0.2) is 0 Å². The van der Waals surface area contributed by atoms with Gasteiger partial charge in [-0.05, 0) is 24.6 Å². The van der Waals surface area contributed by atoms with Gasteiger partial charge < -0.3 is 15.0 Å². The summed E-state index contributed by atoms with van der Waals surface area (Å²) in [5, 5.41) is 7.05. The molecule has 8 nitrogen and oxygen atoms in total. The van der Waals surface area contributed by atoms with E-state index in [1.807, 2.05) is 43.6 Å². The Morgan fingerprint density at radius 1 is 1.21 bits per heavy atom. The largest absolute Gasteiger partial charge is 0.497 e. The molecule has 0 unspecified atom stereocenters. The summed E-state index contributed by atoms with van der Waals surface area (Å²) in [7, 11) is 1.65. The van der Waals surface area contributed by atoms with Gasteiger partial charge in [0.25, 0.3) is 0 Å². The third kappa shape index (κ3) is 3.80. The second-order valence-electron chi connectivity index (χ2n) is 6.65. The van der Waals surface area contributed by atoms with Crippen molar-refractivity contribution < 1.29 is 9.53 Å². The smallest absolute Gasteiger partial charge is 0.322 e. The molecule has 0 aliphatic carbocycles. The van der Waals surface area contributed by atoms with E-state index < -0.39 is 0 Å². The van der Waals surface area contributed by atoms with Crippen molar-refractivity contribution in [3.8, 4) is 5.75 Å². The topological polar surface area (TPSA) is 85.2 Å². The second-order valence-corrected chi connectivity index (χ2v) is 6.65. The molecule has 0 fully saturated rings. The standard InChI is InChI=1S/C20H22N6O2/c1-3-26-12-16(10-22-26)23-20(27)25-11-15-9-21-19(24-18(15)13-25)8-14-4-6-17(28-2)7-5-14/h4-7,9-10,12H,3,8,11,13H2,1-2H3,(H,23,27). The number of rotatable bonds is 5. The van der Waals surface area contributed by atoms with E-state index in [0.717, 1.165) is 34.9 Å². The first-order valence-electron chi connectivity index (χ1n) is 9.19. The highest BCUT2D eigenvalue weighted by Gasteiger charge is 2.25. The number of anilines is 1. The maximum absolute atomic E-state index is 12.5. The van der Waals surface area contributed by atoms with E-state index >= 15 is 0 Å². The number of amides is 2. The SMILES string of the molecule is CCn1cc(NC(=O)N2Cc3cnc(Cc4ccc(OC)cc4)nc3C2)cn1. The Kier molecular flexibility index (Phi) is 4.92. The lowest BCUT2D eigenvalue weighted by atomic mass is 10.1. The minimum Gasteiger partial charge on any atom is -0.497 e. The summed E-state index contributed by atoms with van der Waals surface area (Å²) in [6, 6.07) is 7.70. The van der Waals surface area contributed by atoms with E-state index in [4.69, 9.17) is 4.74 Å². The number of urea groups is 1. The summed E-state index contributed by atoms with van der Waals surface area (Å²) < 4.78 is 6.95.